The van der Waals surface area contributed by atoms with Gasteiger partial charge in [0.05, 0.1) is 12.3 Å². The van der Waals surface area contributed by atoms with Crippen LogP contribution in [-0.4, -0.2) is 30.8 Å². The first kappa shape index (κ1) is 15.3. The van der Waals surface area contributed by atoms with Crippen molar-refractivity contribution < 1.29 is 14.6 Å². The highest BCUT2D eigenvalue weighted by Gasteiger charge is 2.08. The Bertz CT molecular complexity index is 408. The van der Waals surface area contributed by atoms with Gasteiger partial charge in [-0.15, -0.1) is 0 Å². The van der Waals surface area contributed by atoms with E-state index in [2.05, 4.69) is 5.32 Å². The Morgan fingerprint density at radius 2 is 2.16 bits per heavy atom. The fourth-order valence-electron chi connectivity index (χ4n) is 1.69. The molecule has 4 N–H and O–H groups in total. The first-order chi connectivity index (χ1) is 9.19. The number of unbranched alkanes of at least 4 members (excludes halogenated alkanes) is 2. The maximum Gasteiger partial charge on any atom is 0.251 e. The number of amides is 1. The number of nitrogens with one attached hydrogen (secondary N) is 1. The number of benzene rings is 1. The highest BCUT2D eigenvalue weighted by molar-refractivity contribution is 5.95. The summed E-state index contributed by atoms with van der Waals surface area (Å²) in [6, 6.07) is 5.03. The molecule has 0 radical (unpaired) electrons. The van der Waals surface area contributed by atoms with Gasteiger partial charge >= 0.3 is 0 Å². The van der Waals surface area contributed by atoms with Crippen molar-refractivity contribution in [2.45, 2.75) is 26.2 Å². The first-order valence-electron chi connectivity index (χ1n) is 6.60. The predicted molar refractivity (Wildman–Crippen MR) is 75.3 cm³/mol. The lowest BCUT2D eigenvalue weighted by atomic mass is 10.1. The Kier molecular flexibility index (Phi) is 6.74. The van der Waals surface area contributed by atoms with Crippen molar-refractivity contribution in [3.8, 4) is 5.75 Å². The topological polar surface area (TPSA) is 84.6 Å². The van der Waals surface area contributed by atoms with Crippen LogP contribution in [0.2, 0.25) is 0 Å². The van der Waals surface area contributed by atoms with Crippen molar-refractivity contribution in [2.24, 2.45) is 0 Å². The number of nitrogens with two attached hydrogens (primary N) is 1. The minimum atomic E-state index is -0.140. The number of carbonyl (C=O) groups excluding carboxylic acids is 1. The third kappa shape index (κ3) is 5.18. The Morgan fingerprint density at radius 1 is 1.37 bits per heavy atom. The molecule has 1 aromatic rings. The molecule has 0 bridgehead atoms. The molecular formula is C14H22N2O3. The van der Waals surface area contributed by atoms with Crippen molar-refractivity contribution in [1.82, 2.24) is 5.32 Å². The third-order valence-corrected chi connectivity index (χ3v) is 2.69. The molecule has 5 nitrogen and oxygen atoms in total. The van der Waals surface area contributed by atoms with Crippen LogP contribution >= 0.6 is 0 Å². The molecule has 0 aliphatic rings. The molecule has 1 amide bonds. The van der Waals surface area contributed by atoms with Gasteiger partial charge in [-0.25, -0.2) is 0 Å². The first-order valence-corrected chi connectivity index (χ1v) is 6.60. The summed E-state index contributed by atoms with van der Waals surface area (Å²) in [5, 5.41) is 11.5. The molecule has 0 aromatic heterocycles. The van der Waals surface area contributed by atoms with E-state index in [0.29, 0.717) is 30.2 Å². The van der Waals surface area contributed by atoms with E-state index in [1.807, 2.05) is 6.92 Å². The standard InChI is InChI=1S/C14H22N2O3/c1-2-19-13-7-6-11(10-12(13)15)14(18)16-8-4-3-5-9-17/h6-7,10,17H,2-5,8-9,15H2,1H3,(H,16,18). The van der Waals surface area contributed by atoms with Gasteiger partial charge in [0.1, 0.15) is 5.75 Å². The highest BCUT2D eigenvalue weighted by Crippen LogP contribution is 2.22. The smallest absolute Gasteiger partial charge is 0.251 e. The van der Waals surface area contributed by atoms with Gasteiger partial charge in [-0.2, -0.15) is 0 Å². The summed E-state index contributed by atoms with van der Waals surface area (Å²) in [6.07, 6.45) is 2.53. The Morgan fingerprint density at radius 3 is 2.79 bits per heavy atom. The van der Waals surface area contributed by atoms with E-state index in [1.165, 1.54) is 0 Å². The average molecular weight is 266 g/mol. The molecule has 0 atom stereocenters. The van der Waals surface area contributed by atoms with Crippen LogP contribution in [0.15, 0.2) is 18.2 Å². The van der Waals surface area contributed by atoms with Crippen molar-refractivity contribution in [1.29, 1.82) is 0 Å². The summed E-state index contributed by atoms with van der Waals surface area (Å²) in [7, 11) is 0. The number of carbonyl (C=O) groups is 1. The SMILES string of the molecule is CCOc1ccc(C(=O)NCCCCCO)cc1N. The molecule has 0 aliphatic heterocycles. The van der Waals surface area contributed by atoms with Crippen LogP contribution < -0.4 is 15.8 Å². The number of ether oxygens (including phenoxy) is 1. The van der Waals surface area contributed by atoms with E-state index in [-0.39, 0.29) is 12.5 Å². The van der Waals surface area contributed by atoms with E-state index < -0.39 is 0 Å². The summed E-state index contributed by atoms with van der Waals surface area (Å²) in [5.41, 5.74) is 6.80. The number of rotatable bonds is 8. The van der Waals surface area contributed by atoms with Crippen molar-refractivity contribution >= 4 is 11.6 Å². The number of hydrogen-bond donors (Lipinski definition) is 3. The van der Waals surface area contributed by atoms with Crippen LogP contribution in [0.3, 0.4) is 0 Å². The van der Waals surface area contributed by atoms with Gasteiger partial charge in [0.2, 0.25) is 0 Å². The third-order valence-electron chi connectivity index (χ3n) is 2.69. The zero-order valence-electron chi connectivity index (χ0n) is 11.3. The fraction of sp³-hybridized carbons (Fsp3) is 0.500. The minimum Gasteiger partial charge on any atom is -0.492 e. The van der Waals surface area contributed by atoms with Crippen molar-refractivity contribution in [3.63, 3.8) is 0 Å². The van der Waals surface area contributed by atoms with Gasteiger partial charge in [0.15, 0.2) is 0 Å². The number of anilines is 1. The fourth-order valence-corrected chi connectivity index (χ4v) is 1.69. The normalized spacial score (nSPS) is 10.2. The lowest BCUT2D eigenvalue weighted by Crippen LogP contribution is -2.24. The number of nitrogen functional groups attached to an aromatic ring is 1. The Hall–Kier alpha value is -1.75. The zero-order valence-corrected chi connectivity index (χ0v) is 11.3. The molecule has 5 heteroatoms. The molecule has 1 aromatic carbocycles. The van der Waals surface area contributed by atoms with Crippen LogP contribution in [0.5, 0.6) is 5.75 Å². The number of hydrogen-bond acceptors (Lipinski definition) is 4. The van der Waals surface area contributed by atoms with Crippen LogP contribution in [0.25, 0.3) is 0 Å². The summed E-state index contributed by atoms with van der Waals surface area (Å²) in [6.45, 7) is 3.22. The number of aliphatic hydroxyl groups excluding tert-OH is 1. The minimum absolute atomic E-state index is 0.140. The van der Waals surface area contributed by atoms with Crippen molar-refractivity contribution in [2.75, 3.05) is 25.5 Å². The molecule has 0 spiro atoms. The van der Waals surface area contributed by atoms with E-state index in [4.69, 9.17) is 15.6 Å². The number of aliphatic hydroxyl groups is 1. The van der Waals surface area contributed by atoms with Gasteiger partial charge in [-0.3, -0.25) is 4.79 Å². The molecule has 1 rings (SSSR count). The molecule has 19 heavy (non-hydrogen) atoms. The second-order valence-corrected chi connectivity index (χ2v) is 4.23. The largest absolute Gasteiger partial charge is 0.492 e. The molecule has 0 saturated carbocycles. The molecule has 0 fully saturated rings. The highest BCUT2D eigenvalue weighted by atomic mass is 16.5. The lowest BCUT2D eigenvalue weighted by molar-refractivity contribution is 0.0953. The molecule has 0 heterocycles. The van der Waals surface area contributed by atoms with Crippen LogP contribution in [-0.2, 0) is 0 Å². The molecular weight excluding hydrogens is 244 g/mol. The van der Waals surface area contributed by atoms with Gasteiger partial charge in [-0.1, -0.05) is 0 Å². The van der Waals surface area contributed by atoms with Gasteiger partial charge in [0, 0.05) is 18.7 Å². The Balaban J connectivity index is 2.46. The molecule has 106 valence electrons. The van der Waals surface area contributed by atoms with E-state index >= 15 is 0 Å². The average Bonchev–Trinajstić information content (AvgIpc) is 2.41. The second kappa shape index (κ2) is 8.37. The molecule has 0 aliphatic carbocycles. The quantitative estimate of drug-likeness (QED) is 0.492. The summed E-state index contributed by atoms with van der Waals surface area (Å²) < 4.78 is 5.32. The lowest BCUT2D eigenvalue weighted by Gasteiger charge is -2.09. The monoisotopic (exact) mass is 266 g/mol. The van der Waals surface area contributed by atoms with Crippen LogP contribution in [0, 0.1) is 0 Å². The van der Waals surface area contributed by atoms with E-state index in [9.17, 15) is 4.79 Å². The van der Waals surface area contributed by atoms with Gasteiger partial charge in [0.25, 0.3) is 5.91 Å². The molecule has 0 saturated heterocycles. The van der Waals surface area contributed by atoms with Gasteiger partial charge in [-0.05, 0) is 44.4 Å². The van der Waals surface area contributed by atoms with E-state index in [1.54, 1.807) is 18.2 Å². The Labute approximate surface area is 113 Å². The van der Waals surface area contributed by atoms with Crippen LogP contribution in [0.4, 0.5) is 5.69 Å². The van der Waals surface area contributed by atoms with Crippen LogP contribution in [0.1, 0.15) is 36.5 Å². The summed E-state index contributed by atoms with van der Waals surface area (Å²) >= 11 is 0. The maximum atomic E-state index is 11.8. The van der Waals surface area contributed by atoms with E-state index in [0.717, 1.165) is 19.3 Å². The van der Waals surface area contributed by atoms with Gasteiger partial charge < -0.3 is 20.9 Å². The zero-order chi connectivity index (χ0) is 14.1. The summed E-state index contributed by atoms with van der Waals surface area (Å²) in [4.78, 5) is 11.8. The van der Waals surface area contributed by atoms with Crippen molar-refractivity contribution in [3.05, 3.63) is 23.8 Å². The molecule has 0 unspecified atom stereocenters. The predicted octanol–water partition coefficient (Wildman–Crippen LogP) is 1.56. The maximum absolute atomic E-state index is 11.8. The second-order valence-electron chi connectivity index (χ2n) is 4.23. The summed E-state index contributed by atoms with van der Waals surface area (Å²) in [5.74, 6) is 0.459.